The number of nitro benzene ring substituents is 1. The van der Waals surface area contributed by atoms with Gasteiger partial charge in [-0.05, 0) is 30.3 Å². The van der Waals surface area contributed by atoms with Gasteiger partial charge in [0.2, 0.25) is 5.89 Å². The Morgan fingerprint density at radius 3 is 2.50 bits per heavy atom. The van der Waals surface area contributed by atoms with E-state index in [1.54, 1.807) is 12.1 Å². The number of para-hydroxylation sites is 1. The van der Waals surface area contributed by atoms with Crippen molar-refractivity contribution in [2.75, 3.05) is 4.72 Å². The number of nitrogens with one attached hydrogen (secondary N) is 1. The predicted octanol–water partition coefficient (Wildman–Crippen LogP) is 3.80. The van der Waals surface area contributed by atoms with Gasteiger partial charge in [0.15, 0.2) is 6.61 Å². The van der Waals surface area contributed by atoms with Gasteiger partial charge < -0.3 is 9.15 Å². The largest absolute Gasteiger partial charge is 0.452 e. The van der Waals surface area contributed by atoms with E-state index in [0.717, 1.165) is 6.07 Å². The van der Waals surface area contributed by atoms with Crippen molar-refractivity contribution < 1.29 is 27.3 Å². The van der Waals surface area contributed by atoms with Gasteiger partial charge in [-0.1, -0.05) is 36.4 Å². The summed E-state index contributed by atoms with van der Waals surface area (Å²) in [6, 6.07) is 19.4. The molecule has 12 heteroatoms. The van der Waals surface area contributed by atoms with E-state index in [4.69, 9.17) is 9.15 Å². The molecule has 11 nitrogen and oxygen atoms in total. The molecule has 172 valence electrons. The van der Waals surface area contributed by atoms with E-state index in [0.29, 0.717) is 5.56 Å². The number of ether oxygens (including phenoxy) is 1. The summed E-state index contributed by atoms with van der Waals surface area (Å²) in [4.78, 5) is 22.6. The first kappa shape index (κ1) is 22.6. The molecule has 0 radical (unpaired) electrons. The van der Waals surface area contributed by atoms with Crippen LogP contribution in [0.5, 0.6) is 0 Å². The van der Waals surface area contributed by atoms with Crippen LogP contribution in [0, 0.1) is 10.1 Å². The predicted molar refractivity (Wildman–Crippen MR) is 119 cm³/mol. The van der Waals surface area contributed by atoms with E-state index in [1.165, 1.54) is 42.5 Å². The average Bonchev–Trinajstić information content (AvgIpc) is 3.32. The van der Waals surface area contributed by atoms with Gasteiger partial charge in [0.25, 0.3) is 21.6 Å². The third-order valence-electron chi connectivity index (χ3n) is 4.54. The normalized spacial score (nSPS) is 11.1. The number of nitro groups is 1. The number of anilines is 1. The molecule has 0 aliphatic heterocycles. The van der Waals surface area contributed by atoms with E-state index in [9.17, 15) is 23.3 Å². The number of non-ortho nitro benzene ring substituents is 1. The lowest BCUT2D eigenvalue weighted by Crippen LogP contribution is -2.16. The van der Waals surface area contributed by atoms with Gasteiger partial charge >= 0.3 is 5.97 Å². The number of hydrogen-bond donors (Lipinski definition) is 1. The Labute approximate surface area is 193 Å². The molecule has 4 rings (SSSR count). The zero-order valence-corrected chi connectivity index (χ0v) is 18.1. The topological polar surface area (TPSA) is 155 Å². The molecule has 0 saturated heterocycles. The molecular weight excluding hydrogens is 464 g/mol. The Morgan fingerprint density at radius 2 is 1.74 bits per heavy atom. The molecule has 1 aromatic heterocycles. The van der Waals surface area contributed by atoms with Gasteiger partial charge in [-0.3, -0.25) is 14.8 Å². The highest BCUT2D eigenvalue weighted by Crippen LogP contribution is 2.24. The molecule has 3 aromatic carbocycles. The van der Waals surface area contributed by atoms with Crippen LogP contribution in [0.2, 0.25) is 0 Å². The molecule has 0 atom stereocenters. The average molecular weight is 480 g/mol. The Morgan fingerprint density at radius 1 is 1.00 bits per heavy atom. The molecule has 0 spiro atoms. The molecule has 4 aromatic rings. The van der Waals surface area contributed by atoms with Crippen molar-refractivity contribution in [3.8, 4) is 11.5 Å². The molecule has 0 aliphatic carbocycles. The van der Waals surface area contributed by atoms with Crippen LogP contribution in [0.15, 0.2) is 88.2 Å². The van der Waals surface area contributed by atoms with Crippen LogP contribution in [0.4, 0.5) is 11.4 Å². The summed E-state index contributed by atoms with van der Waals surface area (Å²) >= 11 is 0. The fourth-order valence-corrected chi connectivity index (χ4v) is 4.05. The number of aromatic nitrogens is 2. The second kappa shape index (κ2) is 9.50. The Kier molecular flexibility index (Phi) is 6.32. The molecule has 1 N–H and O–H groups in total. The lowest BCUT2D eigenvalue weighted by Gasteiger charge is -2.12. The Bertz CT molecular complexity index is 1450. The summed E-state index contributed by atoms with van der Waals surface area (Å²) in [6.07, 6.45) is 0. The lowest BCUT2D eigenvalue weighted by atomic mass is 10.2. The first-order chi connectivity index (χ1) is 16.3. The monoisotopic (exact) mass is 480 g/mol. The summed E-state index contributed by atoms with van der Waals surface area (Å²) in [5.74, 6) is -0.518. The van der Waals surface area contributed by atoms with Crippen molar-refractivity contribution >= 4 is 27.4 Å². The van der Waals surface area contributed by atoms with Gasteiger partial charge in [0, 0.05) is 17.7 Å². The molecule has 0 amide bonds. The molecule has 0 bridgehead atoms. The van der Waals surface area contributed by atoms with Gasteiger partial charge in [0.1, 0.15) is 0 Å². The highest BCUT2D eigenvalue weighted by molar-refractivity contribution is 7.92. The van der Waals surface area contributed by atoms with Crippen LogP contribution >= 0.6 is 0 Å². The summed E-state index contributed by atoms with van der Waals surface area (Å²) in [5.41, 5.74) is 0.187. The third-order valence-corrected chi connectivity index (χ3v) is 5.91. The smallest absolute Gasteiger partial charge is 0.340 e. The summed E-state index contributed by atoms with van der Waals surface area (Å²) in [5, 5.41) is 18.7. The zero-order chi connectivity index (χ0) is 24.1. The standard InChI is InChI=1S/C22H16N4O7S/c27-22(32-14-20-23-24-21(33-20)15-7-2-1-3-8-15)18-11-4-5-12-19(18)25-34(30,31)17-10-6-9-16(13-17)26(28)29/h1-13,25H,14H2. The lowest BCUT2D eigenvalue weighted by molar-refractivity contribution is -0.385. The van der Waals surface area contributed by atoms with E-state index in [2.05, 4.69) is 14.9 Å². The van der Waals surface area contributed by atoms with E-state index in [1.807, 2.05) is 18.2 Å². The van der Waals surface area contributed by atoms with Crippen molar-refractivity contribution in [3.05, 3.63) is 100 Å². The van der Waals surface area contributed by atoms with Gasteiger partial charge in [-0.15, -0.1) is 10.2 Å². The molecule has 1 heterocycles. The van der Waals surface area contributed by atoms with E-state index in [-0.39, 0.29) is 40.2 Å². The van der Waals surface area contributed by atoms with E-state index < -0.39 is 20.9 Å². The maximum Gasteiger partial charge on any atom is 0.340 e. The van der Waals surface area contributed by atoms with Crippen molar-refractivity contribution in [2.24, 2.45) is 0 Å². The first-order valence-electron chi connectivity index (χ1n) is 9.75. The maximum atomic E-state index is 12.7. The fraction of sp³-hybridized carbons (Fsp3) is 0.0455. The molecule has 0 aliphatic rings. The second-order valence-corrected chi connectivity index (χ2v) is 8.53. The van der Waals surface area contributed by atoms with Gasteiger partial charge in [0.05, 0.1) is 21.1 Å². The number of carbonyl (C=O) groups excluding carboxylic acids is 1. The number of nitrogens with zero attached hydrogens (tertiary/aromatic N) is 3. The zero-order valence-electron chi connectivity index (χ0n) is 17.3. The minimum atomic E-state index is -4.22. The number of benzene rings is 3. The minimum Gasteiger partial charge on any atom is -0.452 e. The highest BCUT2D eigenvalue weighted by atomic mass is 32.2. The number of sulfonamides is 1. The minimum absolute atomic E-state index is 0.0573. The SMILES string of the molecule is O=C(OCc1nnc(-c2ccccc2)o1)c1ccccc1NS(=O)(=O)c1cccc([N+](=O)[O-])c1. The summed E-state index contributed by atoms with van der Waals surface area (Å²) in [6.45, 7) is -0.329. The number of esters is 1. The van der Waals surface area contributed by atoms with Crippen LogP contribution < -0.4 is 4.72 Å². The first-order valence-corrected chi connectivity index (χ1v) is 11.2. The Balaban J connectivity index is 1.49. The van der Waals surface area contributed by atoms with Crippen molar-refractivity contribution in [3.63, 3.8) is 0 Å². The molecule has 0 saturated carbocycles. The summed E-state index contributed by atoms with van der Waals surface area (Å²) < 4.78 is 38.5. The van der Waals surface area contributed by atoms with Crippen LogP contribution in [0.3, 0.4) is 0 Å². The maximum absolute atomic E-state index is 12.7. The van der Waals surface area contributed by atoms with Gasteiger partial charge in [-0.25, -0.2) is 13.2 Å². The van der Waals surface area contributed by atoms with Gasteiger partial charge in [-0.2, -0.15) is 0 Å². The third kappa shape index (κ3) is 5.07. The van der Waals surface area contributed by atoms with Crippen LogP contribution in [0.25, 0.3) is 11.5 Å². The van der Waals surface area contributed by atoms with Crippen molar-refractivity contribution in [1.29, 1.82) is 0 Å². The van der Waals surface area contributed by atoms with Crippen LogP contribution in [-0.4, -0.2) is 29.5 Å². The number of hydrogen-bond acceptors (Lipinski definition) is 9. The number of carbonyl (C=O) groups is 1. The van der Waals surface area contributed by atoms with E-state index >= 15 is 0 Å². The summed E-state index contributed by atoms with van der Waals surface area (Å²) in [7, 11) is -4.22. The van der Waals surface area contributed by atoms with Crippen molar-refractivity contribution in [1.82, 2.24) is 10.2 Å². The molecule has 34 heavy (non-hydrogen) atoms. The Hall–Kier alpha value is -4.58. The van der Waals surface area contributed by atoms with Crippen molar-refractivity contribution in [2.45, 2.75) is 11.5 Å². The molecule has 0 unspecified atom stereocenters. The molecular formula is C22H16N4O7S. The highest BCUT2D eigenvalue weighted by Gasteiger charge is 2.22. The quantitative estimate of drug-likeness (QED) is 0.225. The molecule has 0 fully saturated rings. The second-order valence-electron chi connectivity index (χ2n) is 6.85. The van der Waals surface area contributed by atoms with Crippen LogP contribution in [0.1, 0.15) is 16.2 Å². The van der Waals surface area contributed by atoms with Crippen LogP contribution in [-0.2, 0) is 21.4 Å². The number of rotatable bonds is 8. The fourth-order valence-electron chi connectivity index (χ4n) is 2.93.